The predicted molar refractivity (Wildman–Crippen MR) is 108 cm³/mol. The van der Waals surface area contributed by atoms with Gasteiger partial charge in [-0.3, -0.25) is 4.79 Å². The summed E-state index contributed by atoms with van der Waals surface area (Å²) >= 11 is 0. The van der Waals surface area contributed by atoms with Crippen molar-refractivity contribution in [2.45, 2.75) is 44.6 Å². The molecule has 144 valence electrons. The number of rotatable bonds is 5. The lowest BCUT2D eigenvalue weighted by molar-refractivity contribution is 0.0710. The lowest BCUT2D eigenvalue weighted by atomic mass is 9.85. The van der Waals surface area contributed by atoms with Gasteiger partial charge in [-0.25, -0.2) is 4.98 Å². The van der Waals surface area contributed by atoms with E-state index in [4.69, 9.17) is 0 Å². The molecule has 27 heavy (non-hydrogen) atoms. The van der Waals surface area contributed by atoms with Gasteiger partial charge in [0.1, 0.15) is 5.82 Å². The summed E-state index contributed by atoms with van der Waals surface area (Å²) in [7, 11) is 4.02. The number of likely N-dealkylation sites (tertiary alicyclic amines) is 1. The molecule has 1 saturated carbocycles. The number of carbonyl (C=O) groups is 1. The third kappa shape index (κ3) is 3.87. The molecule has 1 aliphatic heterocycles. The number of hydrogen-bond donors (Lipinski definition) is 0. The summed E-state index contributed by atoms with van der Waals surface area (Å²) in [4.78, 5) is 21.5. The van der Waals surface area contributed by atoms with Crippen LogP contribution in [0.1, 0.15) is 54.2 Å². The molecule has 4 rings (SSSR count). The van der Waals surface area contributed by atoms with E-state index in [1.165, 1.54) is 25.1 Å². The molecule has 1 aliphatic carbocycles. The minimum Gasteiger partial charge on any atom is -0.378 e. The van der Waals surface area contributed by atoms with Gasteiger partial charge in [0.2, 0.25) is 0 Å². The summed E-state index contributed by atoms with van der Waals surface area (Å²) < 4.78 is 2.37. The van der Waals surface area contributed by atoms with Gasteiger partial charge in [-0.1, -0.05) is 6.42 Å². The summed E-state index contributed by atoms with van der Waals surface area (Å²) in [5.41, 5.74) is 1.90. The SMILES string of the molecule is CN(C)c1ccc(C(=O)N2CCC(c3nccn3CC3CCC3)CC2)cc1. The molecule has 0 atom stereocenters. The van der Waals surface area contributed by atoms with Crippen LogP contribution >= 0.6 is 0 Å². The Morgan fingerprint density at radius 2 is 1.81 bits per heavy atom. The molecule has 2 aromatic rings. The largest absolute Gasteiger partial charge is 0.378 e. The van der Waals surface area contributed by atoms with Crippen molar-refractivity contribution in [2.24, 2.45) is 5.92 Å². The van der Waals surface area contributed by atoms with E-state index in [2.05, 4.69) is 15.7 Å². The molecular weight excluding hydrogens is 336 g/mol. The van der Waals surface area contributed by atoms with Gasteiger partial charge in [0.25, 0.3) is 5.91 Å². The van der Waals surface area contributed by atoms with E-state index in [1.54, 1.807) is 0 Å². The van der Waals surface area contributed by atoms with Crippen molar-refractivity contribution in [2.75, 3.05) is 32.1 Å². The van der Waals surface area contributed by atoms with Crippen molar-refractivity contribution in [1.82, 2.24) is 14.5 Å². The molecule has 1 aromatic carbocycles. The third-order valence-electron chi connectivity index (χ3n) is 6.21. The molecule has 1 amide bonds. The highest BCUT2D eigenvalue weighted by molar-refractivity contribution is 5.94. The Balaban J connectivity index is 1.36. The summed E-state index contributed by atoms with van der Waals surface area (Å²) in [6, 6.07) is 7.90. The highest BCUT2D eigenvalue weighted by atomic mass is 16.2. The Labute approximate surface area is 162 Å². The molecule has 0 N–H and O–H groups in total. The highest BCUT2D eigenvalue weighted by Gasteiger charge is 2.28. The first-order valence-electron chi connectivity index (χ1n) is 10.2. The first kappa shape index (κ1) is 18.1. The van der Waals surface area contributed by atoms with Gasteiger partial charge in [0, 0.05) is 63.3 Å². The summed E-state index contributed by atoms with van der Waals surface area (Å²) in [5, 5.41) is 0. The van der Waals surface area contributed by atoms with Gasteiger partial charge in [-0.15, -0.1) is 0 Å². The molecule has 0 radical (unpaired) electrons. The van der Waals surface area contributed by atoms with Crippen molar-refractivity contribution < 1.29 is 4.79 Å². The van der Waals surface area contributed by atoms with E-state index in [9.17, 15) is 4.79 Å². The van der Waals surface area contributed by atoms with Crippen molar-refractivity contribution in [3.63, 3.8) is 0 Å². The van der Waals surface area contributed by atoms with Crippen molar-refractivity contribution in [1.29, 1.82) is 0 Å². The molecular formula is C22H30N4O. The van der Waals surface area contributed by atoms with E-state index in [0.29, 0.717) is 5.92 Å². The quantitative estimate of drug-likeness (QED) is 0.809. The summed E-state index contributed by atoms with van der Waals surface area (Å²) in [6.07, 6.45) is 10.2. The maximum Gasteiger partial charge on any atom is 0.253 e. The second-order valence-corrected chi connectivity index (χ2v) is 8.24. The highest BCUT2D eigenvalue weighted by Crippen LogP contribution is 2.32. The molecule has 1 aromatic heterocycles. The Kier molecular flexibility index (Phi) is 5.19. The maximum absolute atomic E-state index is 12.8. The van der Waals surface area contributed by atoms with E-state index in [-0.39, 0.29) is 5.91 Å². The zero-order chi connectivity index (χ0) is 18.8. The second kappa shape index (κ2) is 7.75. The van der Waals surface area contributed by atoms with Gasteiger partial charge < -0.3 is 14.4 Å². The summed E-state index contributed by atoms with van der Waals surface area (Å²) in [5.74, 6) is 2.69. The molecule has 1 saturated heterocycles. The van der Waals surface area contributed by atoms with E-state index >= 15 is 0 Å². The van der Waals surface area contributed by atoms with Crippen molar-refractivity contribution >= 4 is 11.6 Å². The topological polar surface area (TPSA) is 41.4 Å². The monoisotopic (exact) mass is 366 g/mol. The smallest absolute Gasteiger partial charge is 0.253 e. The number of anilines is 1. The van der Waals surface area contributed by atoms with Crippen LogP contribution < -0.4 is 4.90 Å². The minimum atomic E-state index is 0.150. The number of benzene rings is 1. The van der Waals surface area contributed by atoms with Gasteiger partial charge in [0.15, 0.2) is 0 Å². The van der Waals surface area contributed by atoms with Crippen molar-refractivity contribution in [3.8, 4) is 0 Å². The van der Waals surface area contributed by atoms with E-state index in [1.807, 2.05) is 54.4 Å². The zero-order valence-electron chi connectivity index (χ0n) is 16.5. The van der Waals surface area contributed by atoms with Gasteiger partial charge in [0.05, 0.1) is 0 Å². The average molecular weight is 367 g/mol. The number of carbonyl (C=O) groups excluding carboxylic acids is 1. The maximum atomic E-state index is 12.8. The van der Waals surface area contributed by atoms with Crippen LogP contribution in [-0.2, 0) is 6.54 Å². The lowest BCUT2D eigenvalue weighted by Gasteiger charge is -2.33. The molecule has 2 fully saturated rings. The summed E-state index contributed by atoms with van der Waals surface area (Å²) in [6.45, 7) is 2.75. The molecule has 5 nitrogen and oxygen atoms in total. The number of nitrogens with zero attached hydrogens (tertiary/aromatic N) is 4. The number of aromatic nitrogens is 2. The van der Waals surface area contributed by atoms with Crippen LogP contribution in [0.2, 0.25) is 0 Å². The zero-order valence-corrected chi connectivity index (χ0v) is 16.5. The molecule has 0 bridgehead atoms. The Morgan fingerprint density at radius 1 is 1.11 bits per heavy atom. The fraction of sp³-hybridized carbons (Fsp3) is 0.545. The van der Waals surface area contributed by atoms with E-state index < -0.39 is 0 Å². The number of imidazole rings is 1. The molecule has 5 heteroatoms. The van der Waals surface area contributed by atoms with Gasteiger partial charge >= 0.3 is 0 Å². The fourth-order valence-corrected chi connectivity index (χ4v) is 4.21. The Hall–Kier alpha value is -2.30. The Bertz CT molecular complexity index is 768. The first-order valence-corrected chi connectivity index (χ1v) is 10.2. The standard InChI is InChI=1S/C22H30N4O/c1-24(2)20-8-6-19(7-9-20)22(27)25-13-10-18(11-14-25)21-23-12-15-26(21)16-17-4-3-5-17/h6-9,12,15,17-18H,3-5,10-11,13-14,16H2,1-2H3. The van der Waals surface area contributed by atoms with Crippen LogP contribution in [0.4, 0.5) is 5.69 Å². The minimum absolute atomic E-state index is 0.150. The van der Waals surface area contributed by atoms with Crippen LogP contribution in [0.25, 0.3) is 0 Å². The molecule has 0 unspecified atom stereocenters. The Morgan fingerprint density at radius 3 is 2.41 bits per heavy atom. The van der Waals surface area contributed by atoms with Crippen LogP contribution in [0.5, 0.6) is 0 Å². The number of piperidine rings is 1. The van der Waals surface area contributed by atoms with Crippen LogP contribution in [-0.4, -0.2) is 47.5 Å². The fourth-order valence-electron chi connectivity index (χ4n) is 4.21. The normalized spacial score (nSPS) is 18.4. The second-order valence-electron chi connectivity index (χ2n) is 8.24. The average Bonchev–Trinajstić information content (AvgIpc) is 3.13. The van der Waals surface area contributed by atoms with Crippen LogP contribution in [0, 0.1) is 5.92 Å². The van der Waals surface area contributed by atoms with Crippen LogP contribution in [0.3, 0.4) is 0 Å². The lowest BCUT2D eigenvalue weighted by Crippen LogP contribution is -2.38. The van der Waals surface area contributed by atoms with Gasteiger partial charge in [-0.05, 0) is 55.9 Å². The predicted octanol–water partition coefficient (Wildman–Crippen LogP) is 3.77. The molecule has 2 aliphatic rings. The number of amides is 1. The van der Waals surface area contributed by atoms with Gasteiger partial charge in [-0.2, -0.15) is 0 Å². The van der Waals surface area contributed by atoms with E-state index in [0.717, 1.165) is 49.6 Å². The molecule has 0 spiro atoms. The first-order chi connectivity index (χ1) is 13.1. The van der Waals surface area contributed by atoms with Crippen LogP contribution in [0.15, 0.2) is 36.7 Å². The van der Waals surface area contributed by atoms with Crippen molar-refractivity contribution in [3.05, 3.63) is 48.0 Å². The third-order valence-corrected chi connectivity index (χ3v) is 6.21. The molecule has 2 heterocycles. The number of hydrogen-bond acceptors (Lipinski definition) is 3.